The Morgan fingerprint density at radius 1 is 1.48 bits per heavy atom. The first-order chi connectivity index (χ1) is 10.9. The van der Waals surface area contributed by atoms with Gasteiger partial charge in [-0.15, -0.1) is 0 Å². The summed E-state index contributed by atoms with van der Waals surface area (Å²) in [4.78, 5) is 27.3. The van der Waals surface area contributed by atoms with E-state index in [2.05, 4.69) is 4.98 Å². The summed E-state index contributed by atoms with van der Waals surface area (Å²) in [5, 5.41) is 20.9. The van der Waals surface area contributed by atoms with Gasteiger partial charge in [0.15, 0.2) is 0 Å². The molecule has 0 unspecified atom stereocenters. The molecule has 0 radical (unpaired) electrons. The maximum atomic E-state index is 11.1. The second kappa shape index (κ2) is 5.38. The van der Waals surface area contributed by atoms with Gasteiger partial charge in [0.1, 0.15) is 11.8 Å². The summed E-state index contributed by atoms with van der Waals surface area (Å²) in [7, 11) is 1.84. The summed E-state index contributed by atoms with van der Waals surface area (Å²) in [6, 6.07) is 0. The van der Waals surface area contributed by atoms with E-state index in [1.165, 1.54) is 11.1 Å². The zero-order valence-electron chi connectivity index (χ0n) is 12.8. The number of aromatic nitrogens is 2. The number of nitro groups is 1. The topological polar surface area (TPSA) is 102 Å². The van der Waals surface area contributed by atoms with Crippen molar-refractivity contribution in [3.8, 4) is 0 Å². The lowest BCUT2D eigenvalue weighted by Crippen LogP contribution is -2.33. The van der Waals surface area contributed by atoms with Crippen LogP contribution in [0.5, 0.6) is 0 Å². The first-order valence-electron chi connectivity index (χ1n) is 7.16. The van der Waals surface area contributed by atoms with Crippen molar-refractivity contribution < 1.29 is 14.8 Å². The molecule has 23 heavy (non-hydrogen) atoms. The van der Waals surface area contributed by atoms with Crippen LogP contribution in [0.15, 0.2) is 18.5 Å². The van der Waals surface area contributed by atoms with Gasteiger partial charge in [-0.2, -0.15) is 0 Å². The van der Waals surface area contributed by atoms with Crippen molar-refractivity contribution >= 4 is 28.4 Å². The highest BCUT2D eigenvalue weighted by molar-refractivity contribution is 5.95. The quantitative estimate of drug-likeness (QED) is 0.677. The predicted octanol–water partition coefficient (Wildman–Crippen LogP) is 2.56. The number of rotatable bonds is 2. The molecule has 3 heterocycles. The lowest BCUT2D eigenvalue weighted by molar-refractivity contribution is -0.385. The molecule has 3 rings (SSSR count). The number of pyridine rings is 1. The molecule has 0 fully saturated rings. The lowest BCUT2D eigenvalue weighted by Gasteiger charge is -2.23. The second-order valence-corrected chi connectivity index (χ2v) is 5.59. The molecule has 1 amide bonds. The van der Waals surface area contributed by atoms with Crippen molar-refractivity contribution in [2.75, 3.05) is 13.1 Å². The Balaban J connectivity index is 2.13. The molecule has 0 aromatic carbocycles. The summed E-state index contributed by atoms with van der Waals surface area (Å²) in [6.45, 7) is 2.46. The SMILES string of the molecule is Cc1c([N+](=O)[O-])cnc2c1c(C1=CCN(C(=O)O)CC1)cn2C. The highest BCUT2D eigenvalue weighted by Crippen LogP contribution is 2.34. The fraction of sp³-hybridized carbons (Fsp3) is 0.333. The van der Waals surface area contributed by atoms with Crippen LogP contribution in [-0.4, -0.2) is 43.7 Å². The molecule has 0 spiro atoms. The number of aryl methyl sites for hydroxylation is 2. The fourth-order valence-electron chi connectivity index (χ4n) is 3.00. The highest BCUT2D eigenvalue weighted by atomic mass is 16.6. The molecule has 1 aliphatic heterocycles. The van der Waals surface area contributed by atoms with Crippen LogP contribution in [0.2, 0.25) is 0 Å². The Labute approximate surface area is 131 Å². The van der Waals surface area contributed by atoms with E-state index in [0.717, 1.165) is 16.5 Å². The van der Waals surface area contributed by atoms with Crippen LogP contribution >= 0.6 is 0 Å². The molecule has 0 bridgehead atoms. The van der Waals surface area contributed by atoms with Gasteiger partial charge in [-0.3, -0.25) is 10.1 Å². The summed E-state index contributed by atoms with van der Waals surface area (Å²) in [5.74, 6) is 0. The van der Waals surface area contributed by atoms with Crippen LogP contribution in [-0.2, 0) is 7.05 Å². The summed E-state index contributed by atoms with van der Waals surface area (Å²) < 4.78 is 1.84. The lowest BCUT2D eigenvalue weighted by atomic mass is 9.97. The van der Waals surface area contributed by atoms with E-state index in [4.69, 9.17) is 5.11 Å². The largest absolute Gasteiger partial charge is 0.465 e. The van der Waals surface area contributed by atoms with E-state index in [-0.39, 0.29) is 5.69 Å². The van der Waals surface area contributed by atoms with Crippen LogP contribution < -0.4 is 0 Å². The molecular weight excluding hydrogens is 300 g/mol. The van der Waals surface area contributed by atoms with E-state index in [1.807, 2.05) is 23.9 Å². The van der Waals surface area contributed by atoms with Crippen molar-refractivity contribution in [2.45, 2.75) is 13.3 Å². The average Bonchev–Trinajstić information content (AvgIpc) is 2.85. The molecule has 1 N–H and O–H groups in total. The predicted molar refractivity (Wildman–Crippen MR) is 84.3 cm³/mol. The van der Waals surface area contributed by atoms with Gasteiger partial charge < -0.3 is 14.6 Å². The molecule has 0 saturated heterocycles. The minimum Gasteiger partial charge on any atom is -0.465 e. The van der Waals surface area contributed by atoms with Crippen molar-refractivity contribution in [1.29, 1.82) is 0 Å². The molecule has 0 atom stereocenters. The van der Waals surface area contributed by atoms with Crippen LogP contribution in [0.3, 0.4) is 0 Å². The van der Waals surface area contributed by atoms with Crippen LogP contribution in [0.25, 0.3) is 16.6 Å². The van der Waals surface area contributed by atoms with Crippen molar-refractivity contribution in [3.05, 3.63) is 39.7 Å². The third kappa shape index (κ3) is 2.41. The van der Waals surface area contributed by atoms with Gasteiger partial charge in [0, 0.05) is 42.8 Å². The summed E-state index contributed by atoms with van der Waals surface area (Å²) >= 11 is 0. The Morgan fingerprint density at radius 2 is 2.22 bits per heavy atom. The van der Waals surface area contributed by atoms with E-state index in [1.54, 1.807) is 6.92 Å². The molecule has 8 heteroatoms. The van der Waals surface area contributed by atoms with Crippen LogP contribution in [0.4, 0.5) is 10.5 Å². The minimum atomic E-state index is -0.938. The first-order valence-corrected chi connectivity index (χ1v) is 7.16. The maximum absolute atomic E-state index is 11.1. The minimum absolute atomic E-state index is 0.00600. The Bertz CT molecular complexity index is 853. The monoisotopic (exact) mass is 316 g/mol. The molecule has 1 aliphatic rings. The van der Waals surface area contributed by atoms with E-state index in [9.17, 15) is 14.9 Å². The number of carbonyl (C=O) groups is 1. The van der Waals surface area contributed by atoms with Gasteiger partial charge in [0.2, 0.25) is 0 Å². The van der Waals surface area contributed by atoms with E-state index < -0.39 is 11.0 Å². The third-order valence-corrected chi connectivity index (χ3v) is 4.24. The number of amides is 1. The second-order valence-electron chi connectivity index (χ2n) is 5.59. The smallest absolute Gasteiger partial charge is 0.407 e. The summed E-state index contributed by atoms with van der Waals surface area (Å²) in [6.07, 6.45) is 4.68. The average molecular weight is 316 g/mol. The number of hydrogen-bond donors (Lipinski definition) is 1. The van der Waals surface area contributed by atoms with E-state index >= 15 is 0 Å². The van der Waals surface area contributed by atoms with Gasteiger partial charge in [0.25, 0.3) is 5.69 Å². The third-order valence-electron chi connectivity index (χ3n) is 4.24. The Hall–Kier alpha value is -2.90. The van der Waals surface area contributed by atoms with Crippen LogP contribution in [0, 0.1) is 17.0 Å². The highest BCUT2D eigenvalue weighted by Gasteiger charge is 2.23. The normalized spacial score (nSPS) is 14.9. The number of carboxylic acid groups (broad SMARTS) is 1. The molecule has 0 saturated carbocycles. The van der Waals surface area contributed by atoms with E-state index in [0.29, 0.717) is 30.7 Å². The zero-order chi connectivity index (χ0) is 16.7. The molecule has 120 valence electrons. The molecule has 2 aromatic heterocycles. The zero-order valence-corrected chi connectivity index (χ0v) is 12.8. The number of fused-ring (bicyclic) bond motifs is 1. The Kier molecular flexibility index (Phi) is 3.51. The van der Waals surface area contributed by atoms with Gasteiger partial charge in [-0.1, -0.05) is 6.08 Å². The first kappa shape index (κ1) is 15.0. The van der Waals surface area contributed by atoms with Crippen LogP contribution in [0.1, 0.15) is 17.5 Å². The molecule has 0 aliphatic carbocycles. The van der Waals surface area contributed by atoms with Crippen molar-refractivity contribution in [3.63, 3.8) is 0 Å². The number of hydrogen-bond acceptors (Lipinski definition) is 4. The van der Waals surface area contributed by atoms with Gasteiger partial charge in [-0.05, 0) is 18.9 Å². The standard InChI is InChI=1S/C15H16N4O4/c1-9-12(19(22)23)7-16-14-13(9)11(8-17(14)2)10-3-5-18(6-4-10)15(20)21/h3,7-8H,4-6H2,1-2H3,(H,20,21). The van der Waals surface area contributed by atoms with Crippen molar-refractivity contribution in [2.24, 2.45) is 7.05 Å². The fourth-order valence-corrected chi connectivity index (χ4v) is 3.00. The molecule has 2 aromatic rings. The molecular formula is C15H16N4O4. The van der Waals surface area contributed by atoms with Gasteiger partial charge in [-0.25, -0.2) is 9.78 Å². The van der Waals surface area contributed by atoms with Gasteiger partial charge >= 0.3 is 6.09 Å². The van der Waals surface area contributed by atoms with Crippen molar-refractivity contribution in [1.82, 2.24) is 14.5 Å². The number of nitrogens with zero attached hydrogens (tertiary/aromatic N) is 4. The summed E-state index contributed by atoms with van der Waals surface area (Å²) in [5.41, 5.74) is 3.15. The van der Waals surface area contributed by atoms with Gasteiger partial charge in [0.05, 0.1) is 4.92 Å². The Morgan fingerprint density at radius 3 is 2.78 bits per heavy atom. The molecule has 8 nitrogen and oxygen atoms in total. The maximum Gasteiger partial charge on any atom is 0.407 e.